The van der Waals surface area contributed by atoms with Crippen LogP contribution in [0.3, 0.4) is 0 Å². The first-order chi connectivity index (χ1) is 16.9. The van der Waals surface area contributed by atoms with E-state index in [2.05, 4.69) is 38.0 Å². The summed E-state index contributed by atoms with van der Waals surface area (Å²) in [5.74, 6) is -1.54. The predicted molar refractivity (Wildman–Crippen MR) is 129 cm³/mol. The van der Waals surface area contributed by atoms with Crippen LogP contribution in [0, 0.1) is 6.92 Å². The zero-order valence-corrected chi connectivity index (χ0v) is 19.4. The van der Waals surface area contributed by atoms with Crippen LogP contribution in [0.2, 0.25) is 0 Å². The summed E-state index contributed by atoms with van der Waals surface area (Å²) in [6.45, 7) is 2.72. The number of aryl methyl sites for hydroxylation is 1. The number of nitrogens with one attached hydrogen (secondary N) is 1. The quantitative estimate of drug-likeness (QED) is 0.412. The number of amides is 1. The van der Waals surface area contributed by atoms with Crippen molar-refractivity contribution in [3.05, 3.63) is 107 Å². The number of rotatable bonds is 6. The Morgan fingerprint density at radius 3 is 2.23 bits per heavy atom. The molecule has 2 N–H and O–H groups in total. The summed E-state index contributed by atoms with van der Waals surface area (Å²) in [4.78, 5) is 40.7. The molecule has 4 aromatic rings. The van der Waals surface area contributed by atoms with E-state index in [-0.39, 0.29) is 17.1 Å². The van der Waals surface area contributed by atoms with Crippen molar-refractivity contribution < 1.29 is 19.5 Å². The van der Waals surface area contributed by atoms with Crippen molar-refractivity contribution in [1.29, 1.82) is 0 Å². The van der Waals surface area contributed by atoms with E-state index in [1.807, 2.05) is 60.2 Å². The smallest absolute Gasteiger partial charge is 0.329 e. The SMILES string of the molecule is CC(=O)ONC(=O)c1nc(Cc2ccc(-c3ccc(Cc4ccccc4)cn3)cc2)nc(C)c1O. The molecule has 0 unspecified atom stereocenters. The molecule has 0 radical (unpaired) electrons. The van der Waals surface area contributed by atoms with Crippen molar-refractivity contribution in [2.45, 2.75) is 26.7 Å². The first-order valence-corrected chi connectivity index (χ1v) is 11.0. The van der Waals surface area contributed by atoms with E-state index in [4.69, 9.17) is 0 Å². The van der Waals surface area contributed by atoms with Crippen LogP contribution < -0.4 is 5.48 Å². The fourth-order valence-corrected chi connectivity index (χ4v) is 3.54. The zero-order valence-electron chi connectivity index (χ0n) is 19.4. The molecule has 176 valence electrons. The molecule has 0 spiro atoms. The van der Waals surface area contributed by atoms with Crippen LogP contribution in [-0.2, 0) is 22.5 Å². The first kappa shape index (κ1) is 23.6. The van der Waals surface area contributed by atoms with Crippen LogP contribution in [0.1, 0.15) is 45.6 Å². The average molecular weight is 469 g/mol. The normalized spacial score (nSPS) is 10.6. The lowest BCUT2D eigenvalue weighted by Gasteiger charge is -2.10. The fraction of sp³-hybridized carbons (Fsp3) is 0.148. The van der Waals surface area contributed by atoms with Gasteiger partial charge in [0.1, 0.15) is 5.82 Å². The van der Waals surface area contributed by atoms with Crippen molar-refractivity contribution >= 4 is 11.9 Å². The van der Waals surface area contributed by atoms with E-state index in [9.17, 15) is 14.7 Å². The monoisotopic (exact) mass is 468 g/mol. The summed E-state index contributed by atoms with van der Waals surface area (Å²) in [5.41, 5.74) is 7.10. The molecule has 0 saturated heterocycles. The summed E-state index contributed by atoms with van der Waals surface area (Å²) in [7, 11) is 0. The summed E-state index contributed by atoms with van der Waals surface area (Å²) >= 11 is 0. The maximum absolute atomic E-state index is 12.2. The maximum atomic E-state index is 12.2. The van der Waals surface area contributed by atoms with Crippen molar-refractivity contribution in [2.75, 3.05) is 0 Å². The van der Waals surface area contributed by atoms with Crippen LogP contribution in [0.25, 0.3) is 11.3 Å². The highest BCUT2D eigenvalue weighted by Crippen LogP contribution is 2.22. The molecule has 0 aliphatic carbocycles. The topological polar surface area (TPSA) is 114 Å². The van der Waals surface area contributed by atoms with Crippen LogP contribution in [0.4, 0.5) is 0 Å². The van der Waals surface area contributed by atoms with Crippen molar-refractivity contribution in [3.8, 4) is 17.0 Å². The van der Waals surface area contributed by atoms with Gasteiger partial charge in [-0.2, -0.15) is 5.48 Å². The number of carbonyl (C=O) groups is 2. The minimum Gasteiger partial charge on any atom is -0.504 e. The van der Waals surface area contributed by atoms with Gasteiger partial charge in [-0.05, 0) is 36.1 Å². The Labute approximate surface area is 202 Å². The van der Waals surface area contributed by atoms with Crippen LogP contribution >= 0.6 is 0 Å². The maximum Gasteiger partial charge on any atom is 0.329 e. The molecule has 4 rings (SSSR count). The number of benzene rings is 2. The second-order valence-electron chi connectivity index (χ2n) is 8.04. The van der Waals surface area contributed by atoms with Crippen molar-refractivity contribution in [3.63, 3.8) is 0 Å². The fourth-order valence-electron chi connectivity index (χ4n) is 3.54. The molecule has 8 nitrogen and oxygen atoms in total. The molecule has 0 aliphatic rings. The summed E-state index contributed by atoms with van der Waals surface area (Å²) in [6, 6.07) is 22.2. The van der Waals surface area contributed by atoms with Crippen LogP contribution in [0.15, 0.2) is 72.9 Å². The van der Waals surface area contributed by atoms with Gasteiger partial charge in [0, 0.05) is 25.1 Å². The van der Waals surface area contributed by atoms with Gasteiger partial charge in [0.2, 0.25) is 0 Å². The Morgan fingerprint density at radius 1 is 0.886 bits per heavy atom. The number of hydroxylamine groups is 1. The number of aromatic nitrogens is 3. The molecule has 0 atom stereocenters. The van der Waals surface area contributed by atoms with Gasteiger partial charge >= 0.3 is 11.9 Å². The number of nitrogens with zero attached hydrogens (tertiary/aromatic N) is 3. The standard InChI is InChI=1S/C27H24N4O4/c1-17-26(33)25(27(34)31-35-18(2)32)30-24(29-17)15-20-8-11-22(12-9-20)23-13-10-21(16-28-23)14-19-6-4-3-5-7-19/h3-13,16,33H,14-15H2,1-2H3,(H,31,34). The lowest BCUT2D eigenvalue weighted by atomic mass is 10.0. The van der Waals surface area contributed by atoms with E-state index < -0.39 is 11.9 Å². The molecule has 2 heterocycles. The lowest BCUT2D eigenvalue weighted by Crippen LogP contribution is -2.27. The Balaban J connectivity index is 1.45. The highest BCUT2D eigenvalue weighted by molar-refractivity contribution is 5.95. The molecule has 35 heavy (non-hydrogen) atoms. The van der Waals surface area contributed by atoms with Gasteiger partial charge in [-0.15, -0.1) is 0 Å². The molecule has 2 aromatic carbocycles. The molecule has 2 aromatic heterocycles. The summed E-state index contributed by atoms with van der Waals surface area (Å²) in [5, 5.41) is 10.2. The van der Waals surface area contributed by atoms with Gasteiger partial charge in [-0.1, -0.05) is 60.7 Å². The van der Waals surface area contributed by atoms with E-state index in [0.29, 0.717) is 12.2 Å². The minimum absolute atomic E-state index is 0.249. The van der Waals surface area contributed by atoms with Crippen LogP contribution in [-0.4, -0.2) is 31.9 Å². The lowest BCUT2D eigenvalue weighted by molar-refractivity contribution is -0.146. The molecule has 0 bridgehead atoms. The highest BCUT2D eigenvalue weighted by Gasteiger charge is 2.19. The average Bonchev–Trinajstić information content (AvgIpc) is 2.86. The largest absolute Gasteiger partial charge is 0.504 e. The zero-order chi connectivity index (χ0) is 24.8. The van der Waals surface area contributed by atoms with Crippen molar-refractivity contribution in [2.24, 2.45) is 0 Å². The van der Waals surface area contributed by atoms with Crippen LogP contribution in [0.5, 0.6) is 5.75 Å². The number of hydrogen-bond acceptors (Lipinski definition) is 7. The third-order valence-corrected chi connectivity index (χ3v) is 5.29. The third-order valence-electron chi connectivity index (χ3n) is 5.29. The molecular formula is C27H24N4O4. The van der Waals surface area contributed by atoms with Gasteiger partial charge in [-0.3, -0.25) is 14.6 Å². The Hall–Kier alpha value is -4.59. The molecule has 0 saturated carbocycles. The Morgan fingerprint density at radius 2 is 1.57 bits per heavy atom. The second kappa shape index (κ2) is 10.6. The summed E-state index contributed by atoms with van der Waals surface area (Å²) in [6.07, 6.45) is 3.07. The predicted octanol–water partition coefficient (Wildman–Crippen LogP) is 3.94. The molecule has 8 heteroatoms. The third kappa shape index (κ3) is 6.05. The van der Waals surface area contributed by atoms with Gasteiger partial charge in [0.15, 0.2) is 11.4 Å². The molecule has 1 amide bonds. The van der Waals surface area contributed by atoms with Gasteiger partial charge in [0.25, 0.3) is 0 Å². The van der Waals surface area contributed by atoms with E-state index in [0.717, 1.165) is 35.7 Å². The molecule has 0 fully saturated rings. The Kier molecular flexibility index (Phi) is 7.11. The number of aromatic hydroxyl groups is 1. The first-order valence-electron chi connectivity index (χ1n) is 11.0. The number of hydrogen-bond donors (Lipinski definition) is 2. The minimum atomic E-state index is -0.832. The number of pyridine rings is 1. The highest BCUT2D eigenvalue weighted by atomic mass is 16.7. The van der Waals surface area contributed by atoms with E-state index >= 15 is 0 Å². The summed E-state index contributed by atoms with van der Waals surface area (Å²) < 4.78 is 0. The van der Waals surface area contributed by atoms with E-state index in [1.54, 1.807) is 6.92 Å². The van der Waals surface area contributed by atoms with Gasteiger partial charge in [-0.25, -0.2) is 9.97 Å². The van der Waals surface area contributed by atoms with Crippen molar-refractivity contribution in [1.82, 2.24) is 20.4 Å². The van der Waals surface area contributed by atoms with Gasteiger partial charge in [0.05, 0.1) is 11.4 Å². The van der Waals surface area contributed by atoms with Gasteiger partial charge < -0.3 is 9.94 Å². The second-order valence-corrected chi connectivity index (χ2v) is 8.04. The van der Waals surface area contributed by atoms with E-state index in [1.165, 1.54) is 5.56 Å². The molecule has 0 aliphatic heterocycles. The Bertz CT molecular complexity index is 1340. The number of carbonyl (C=O) groups excluding carboxylic acids is 2. The molecular weight excluding hydrogens is 444 g/mol.